The smallest absolute Gasteiger partial charge is 0.416 e. The Balaban J connectivity index is 2.04. The Morgan fingerprint density at radius 3 is 2.50 bits per heavy atom. The second-order valence-corrected chi connectivity index (χ2v) is 6.16. The first-order valence-corrected chi connectivity index (χ1v) is 7.81. The molecule has 1 aromatic rings. The molecule has 0 saturated carbocycles. The monoisotopic (exact) mass is 371 g/mol. The molecule has 140 valence electrons. The summed E-state index contributed by atoms with van der Waals surface area (Å²) < 4.78 is 48.3. The number of carbonyl (C=O) groups excluding carboxylic acids is 1. The molecule has 0 bridgehead atoms. The van der Waals surface area contributed by atoms with E-state index in [4.69, 9.17) is 9.94 Å². The van der Waals surface area contributed by atoms with Crippen LogP contribution >= 0.6 is 0 Å². The molecule has 9 heteroatoms. The van der Waals surface area contributed by atoms with Crippen LogP contribution in [-0.4, -0.2) is 34.9 Å². The molecule has 2 atom stereocenters. The Kier molecular flexibility index (Phi) is 4.43. The summed E-state index contributed by atoms with van der Waals surface area (Å²) in [5, 5.41) is 22.8. The van der Waals surface area contributed by atoms with E-state index in [-0.39, 0.29) is 17.9 Å². The number of allylic oxidation sites excluding steroid dienone is 2. The average Bonchev–Trinajstić information content (AvgIpc) is 3.02. The molecule has 2 N–H and O–H groups in total. The predicted molar refractivity (Wildman–Crippen MR) is 82.3 cm³/mol. The number of hydrogen-bond acceptors (Lipinski definition) is 6. The number of carbonyl (C=O) groups is 1. The molecule has 0 aromatic heterocycles. The largest absolute Gasteiger partial charge is 0.464 e. The van der Waals surface area contributed by atoms with Gasteiger partial charge in [0.25, 0.3) is 0 Å². The third-order valence-corrected chi connectivity index (χ3v) is 4.62. The van der Waals surface area contributed by atoms with E-state index in [1.807, 2.05) is 0 Å². The zero-order valence-corrected chi connectivity index (χ0v) is 13.7. The van der Waals surface area contributed by atoms with Gasteiger partial charge in [-0.25, -0.2) is 4.79 Å². The second kappa shape index (κ2) is 6.31. The van der Waals surface area contributed by atoms with Crippen molar-refractivity contribution < 1.29 is 37.8 Å². The Morgan fingerprint density at radius 2 is 1.96 bits per heavy atom. The number of aliphatic hydroxyl groups is 1. The molecule has 3 rings (SSSR count). The van der Waals surface area contributed by atoms with Gasteiger partial charge in [0.2, 0.25) is 0 Å². The van der Waals surface area contributed by atoms with Crippen LogP contribution in [0.25, 0.3) is 0 Å². The minimum absolute atomic E-state index is 0.0801. The highest BCUT2D eigenvalue weighted by Crippen LogP contribution is 2.47. The fourth-order valence-electron chi connectivity index (χ4n) is 3.34. The topological polar surface area (TPSA) is 88.4 Å². The molecule has 1 aliphatic carbocycles. The number of benzene rings is 1. The summed E-state index contributed by atoms with van der Waals surface area (Å²) in [7, 11) is 1.08. The summed E-state index contributed by atoms with van der Waals surface area (Å²) in [6, 6.07) is 4.49. The van der Waals surface area contributed by atoms with Crippen molar-refractivity contribution in [3.63, 3.8) is 0 Å². The van der Waals surface area contributed by atoms with Crippen LogP contribution in [0.15, 0.2) is 40.8 Å². The SMILES string of the molecule is COC(=O)[C@@]1(O)C[C@@H](c2ccc(C(F)(F)F)cc2)C2=C(O1)/C(=N/O)CC2. The molecule has 26 heavy (non-hydrogen) atoms. The van der Waals surface area contributed by atoms with Crippen LogP contribution in [0.2, 0.25) is 0 Å². The molecule has 0 fully saturated rings. The predicted octanol–water partition coefficient (Wildman–Crippen LogP) is 2.95. The first-order valence-electron chi connectivity index (χ1n) is 7.81. The molecule has 2 aliphatic rings. The molecular formula is C17H16F3NO5. The Hall–Kier alpha value is -2.55. The number of esters is 1. The number of methoxy groups -OCH3 is 1. The highest BCUT2D eigenvalue weighted by molar-refractivity contribution is 6.02. The number of ether oxygens (including phenoxy) is 2. The first-order chi connectivity index (χ1) is 12.2. The molecule has 0 unspecified atom stereocenters. The lowest BCUT2D eigenvalue weighted by Gasteiger charge is -2.36. The fourth-order valence-corrected chi connectivity index (χ4v) is 3.34. The number of halogens is 3. The Labute approximate surface area is 146 Å². The highest BCUT2D eigenvalue weighted by Gasteiger charge is 2.50. The quantitative estimate of drug-likeness (QED) is 0.474. The second-order valence-electron chi connectivity index (χ2n) is 6.16. The highest BCUT2D eigenvalue weighted by atomic mass is 19.4. The number of nitrogens with zero attached hydrogens (tertiary/aromatic N) is 1. The Bertz CT molecular complexity index is 785. The van der Waals surface area contributed by atoms with Gasteiger partial charge in [0, 0.05) is 18.8 Å². The van der Waals surface area contributed by atoms with Gasteiger partial charge in [-0.3, -0.25) is 0 Å². The van der Waals surface area contributed by atoms with Gasteiger partial charge in [0.05, 0.1) is 12.7 Å². The maximum absolute atomic E-state index is 12.8. The molecule has 0 amide bonds. The minimum Gasteiger partial charge on any atom is -0.464 e. The van der Waals surface area contributed by atoms with Crippen LogP contribution in [0.4, 0.5) is 13.2 Å². The summed E-state index contributed by atoms with van der Waals surface area (Å²) in [5.41, 5.74) is 0.509. The van der Waals surface area contributed by atoms with Crippen molar-refractivity contribution in [1.29, 1.82) is 0 Å². The summed E-state index contributed by atoms with van der Waals surface area (Å²) in [6.07, 6.45) is -3.91. The van der Waals surface area contributed by atoms with Crippen LogP contribution in [0.1, 0.15) is 36.3 Å². The molecule has 0 saturated heterocycles. The van der Waals surface area contributed by atoms with E-state index in [0.29, 0.717) is 24.0 Å². The molecule has 1 aromatic carbocycles. The van der Waals surface area contributed by atoms with E-state index in [0.717, 1.165) is 19.2 Å². The van der Waals surface area contributed by atoms with Crippen LogP contribution in [0.5, 0.6) is 0 Å². The number of rotatable bonds is 2. The molecule has 1 aliphatic heterocycles. The Morgan fingerprint density at radius 1 is 1.31 bits per heavy atom. The zero-order chi connectivity index (χ0) is 19.1. The third kappa shape index (κ3) is 3.03. The summed E-state index contributed by atoms with van der Waals surface area (Å²) in [5.74, 6) is -3.85. The number of alkyl halides is 3. The molecular weight excluding hydrogens is 355 g/mol. The fraction of sp³-hybridized carbons (Fsp3) is 0.412. The lowest BCUT2D eigenvalue weighted by atomic mass is 9.82. The van der Waals surface area contributed by atoms with E-state index >= 15 is 0 Å². The van der Waals surface area contributed by atoms with Gasteiger partial charge < -0.3 is 19.8 Å². The van der Waals surface area contributed by atoms with Gasteiger partial charge in [0.15, 0.2) is 0 Å². The van der Waals surface area contributed by atoms with Gasteiger partial charge in [-0.2, -0.15) is 13.2 Å². The van der Waals surface area contributed by atoms with Crippen LogP contribution in [0.3, 0.4) is 0 Å². The summed E-state index contributed by atoms with van der Waals surface area (Å²) in [4.78, 5) is 12.0. The van der Waals surface area contributed by atoms with Crippen molar-refractivity contribution in [2.24, 2.45) is 5.16 Å². The maximum Gasteiger partial charge on any atom is 0.416 e. The normalized spacial score (nSPS) is 27.3. The van der Waals surface area contributed by atoms with Gasteiger partial charge in [-0.1, -0.05) is 17.3 Å². The van der Waals surface area contributed by atoms with E-state index < -0.39 is 29.4 Å². The lowest BCUT2D eigenvalue weighted by molar-refractivity contribution is -0.218. The molecule has 0 radical (unpaired) electrons. The lowest BCUT2D eigenvalue weighted by Crippen LogP contribution is -2.46. The standard InChI is InChI=1S/C17H16F3NO5/c1-25-15(22)16(23)8-12(11-6-7-13(21-24)14(11)26-16)9-2-4-10(5-3-9)17(18,19)20/h2-5,12,23-24H,6-8H2,1H3/b21-13+/t12-,16+/m0/s1. The van der Waals surface area contributed by atoms with Gasteiger partial charge in [-0.05, 0) is 29.7 Å². The van der Waals surface area contributed by atoms with Crippen molar-refractivity contribution in [2.45, 2.75) is 37.1 Å². The van der Waals surface area contributed by atoms with E-state index in [2.05, 4.69) is 9.89 Å². The van der Waals surface area contributed by atoms with Crippen molar-refractivity contribution >= 4 is 11.7 Å². The molecule has 6 nitrogen and oxygen atoms in total. The van der Waals surface area contributed by atoms with Crippen molar-refractivity contribution in [3.05, 3.63) is 46.7 Å². The van der Waals surface area contributed by atoms with E-state index in [1.165, 1.54) is 12.1 Å². The summed E-state index contributed by atoms with van der Waals surface area (Å²) >= 11 is 0. The summed E-state index contributed by atoms with van der Waals surface area (Å²) in [6.45, 7) is 0. The first kappa shape index (κ1) is 18.2. The maximum atomic E-state index is 12.8. The van der Waals surface area contributed by atoms with E-state index in [9.17, 15) is 23.1 Å². The van der Waals surface area contributed by atoms with Crippen LogP contribution < -0.4 is 0 Å². The minimum atomic E-state index is -4.46. The van der Waals surface area contributed by atoms with Gasteiger partial charge >= 0.3 is 17.9 Å². The van der Waals surface area contributed by atoms with Gasteiger partial charge in [0.1, 0.15) is 11.5 Å². The van der Waals surface area contributed by atoms with E-state index in [1.54, 1.807) is 0 Å². The van der Waals surface area contributed by atoms with Crippen LogP contribution in [0, 0.1) is 0 Å². The van der Waals surface area contributed by atoms with Crippen molar-refractivity contribution in [3.8, 4) is 0 Å². The molecule has 0 spiro atoms. The van der Waals surface area contributed by atoms with Gasteiger partial charge in [-0.15, -0.1) is 0 Å². The zero-order valence-electron chi connectivity index (χ0n) is 13.7. The average molecular weight is 371 g/mol. The van der Waals surface area contributed by atoms with Crippen LogP contribution in [-0.2, 0) is 20.4 Å². The number of hydrogen-bond donors (Lipinski definition) is 2. The number of oxime groups is 1. The van der Waals surface area contributed by atoms with Crippen molar-refractivity contribution in [2.75, 3.05) is 7.11 Å². The molecule has 1 heterocycles. The third-order valence-electron chi connectivity index (χ3n) is 4.62. The van der Waals surface area contributed by atoms with Crippen molar-refractivity contribution in [1.82, 2.24) is 0 Å².